The number of carbonyl (C=O) groups is 1. The van der Waals surface area contributed by atoms with E-state index in [9.17, 15) is 4.79 Å². The number of likely N-dealkylation sites (tertiary alicyclic amines) is 1. The molecule has 0 unspecified atom stereocenters. The highest BCUT2D eigenvalue weighted by molar-refractivity contribution is 5.75. The molecule has 3 heterocycles. The lowest BCUT2D eigenvalue weighted by molar-refractivity contribution is -0.144. The van der Waals surface area contributed by atoms with Crippen molar-refractivity contribution in [3.63, 3.8) is 0 Å². The Balaban J connectivity index is 1.15. The SMILES string of the molecule is CC1=CCC[C@@]2(C)O[C@H]2[C@H]2OC(=O)[C@@H](CNC3CCN(Cc4ccccc4)CC3)[C@@H]2CC1. The van der Waals surface area contributed by atoms with E-state index in [1.54, 1.807) is 0 Å². The summed E-state index contributed by atoms with van der Waals surface area (Å²) in [4.78, 5) is 15.4. The number of carbonyl (C=O) groups excluding carboxylic acids is 1. The zero-order valence-electron chi connectivity index (χ0n) is 19.6. The second-order valence-corrected chi connectivity index (χ2v) is 10.6. The molecule has 0 radical (unpaired) electrons. The number of hydrogen-bond acceptors (Lipinski definition) is 5. The maximum atomic E-state index is 12.9. The summed E-state index contributed by atoms with van der Waals surface area (Å²) in [6, 6.07) is 11.2. The fraction of sp³-hybridized carbons (Fsp3) is 0.667. The van der Waals surface area contributed by atoms with Gasteiger partial charge in [0.05, 0.1) is 11.5 Å². The summed E-state index contributed by atoms with van der Waals surface area (Å²) < 4.78 is 12.1. The van der Waals surface area contributed by atoms with Crippen molar-refractivity contribution < 1.29 is 14.3 Å². The molecule has 5 nitrogen and oxygen atoms in total. The molecule has 3 saturated heterocycles. The first-order chi connectivity index (χ1) is 15.5. The van der Waals surface area contributed by atoms with Crippen LogP contribution in [-0.4, -0.2) is 54.4 Å². The minimum atomic E-state index is -0.120. The number of nitrogens with zero attached hydrogens (tertiary/aromatic N) is 1. The average Bonchev–Trinajstić information content (AvgIpc) is 3.36. The molecular weight excluding hydrogens is 400 g/mol. The zero-order valence-corrected chi connectivity index (χ0v) is 19.6. The van der Waals surface area contributed by atoms with Crippen molar-refractivity contribution in [2.24, 2.45) is 11.8 Å². The molecule has 5 atom stereocenters. The molecule has 0 amide bonds. The molecule has 0 saturated carbocycles. The number of allylic oxidation sites excluding steroid dienone is 2. The lowest BCUT2D eigenvalue weighted by Crippen LogP contribution is -2.45. The summed E-state index contributed by atoms with van der Waals surface area (Å²) in [5.41, 5.74) is 2.70. The smallest absolute Gasteiger partial charge is 0.311 e. The van der Waals surface area contributed by atoms with Crippen molar-refractivity contribution >= 4 is 5.97 Å². The van der Waals surface area contributed by atoms with Crippen LogP contribution >= 0.6 is 0 Å². The molecule has 3 fully saturated rings. The predicted octanol–water partition coefficient (Wildman–Crippen LogP) is 4.08. The van der Waals surface area contributed by atoms with Crippen LogP contribution < -0.4 is 5.32 Å². The molecule has 174 valence electrons. The lowest BCUT2D eigenvalue weighted by atomic mass is 9.80. The number of epoxide rings is 1. The first-order valence-electron chi connectivity index (χ1n) is 12.6. The fourth-order valence-corrected chi connectivity index (χ4v) is 6.00. The summed E-state index contributed by atoms with van der Waals surface area (Å²) in [6.07, 6.45) is 8.76. The third kappa shape index (κ3) is 4.80. The summed E-state index contributed by atoms with van der Waals surface area (Å²) in [7, 11) is 0. The van der Waals surface area contributed by atoms with Crippen LogP contribution in [0.2, 0.25) is 0 Å². The van der Waals surface area contributed by atoms with Crippen molar-refractivity contribution in [3.8, 4) is 0 Å². The first kappa shape index (κ1) is 22.1. The predicted molar refractivity (Wildman–Crippen MR) is 125 cm³/mol. The van der Waals surface area contributed by atoms with Gasteiger partial charge in [-0.3, -0.25) is 9.69 Å². The van der Waals surface area contributed by atoms with E-state index in [1.807, 2.05) is 0 Å². The van der Waals surface area contributed by atoms with Gasteiger partial charge in [-0.15, -0.1) is 0 Å². The number of ether oxygens (including phenoxy) is 2. The average molecular weight is 439 g/mol. The van der Waals surface area contributed by atoms with Crippen LogP contribution in [0.4, 0.5) is 0 Å². The van der Waals surface area contributed by atoms with Gasteiger partial charge in [0, 0.05) is 25.0 Å². The van der Waals surface area contributed by atoms with Crippen molar-refractivity contribution in [2.45, 2.75) is 82.8 Å². The standard InChI is InChI=1S/C27H38N2O3/c1-19-7-6-14-27(2)25(32-27)24-22(11-10-19)23(26(30)31-24)17-28-21-12-15-29(16-13-21)18-20-8-4-3-5-9-20/h3-5,7-9,21-25,28H,6,10-18H2,1-2H3/t22-,23-,24-,25-,27+/m0/s1. The molecule has 1 N–H and O–H groups in total. The number of benzene rings is 1. The molecule has 4 aliphatic rings. The van der Waals surface area contributed by atoms with Gasteiger partial charge in [-0.2, -0.15) is 0 Å². The largest absolute Gasteiger partial charge is 0.459 e. The monoisotopic (exact) mass is 438 g/mol. The molecule has 5 rings (SSSR count). The second kappa shape index (κ2) is 9.28. The Labute approximate surface area is 192 Å². The van der Waals surface area contributed by atoms with Gasteiger partial charge in [-0.25, -0.2) is 0 Å². The van der Waals surface area contributed by atoms with Crippen LogP contribution in [0, 0.1) is 11.8 Å². The fourth-order valence-electron chi connectivity index (χ4n) is 6.00. The van der Waals surface area contributed by atoms with Crippen molar-refractivity contribution in [1.82, 2.24) is 10.2 Å². The van der Waals surface area contributed by atoms with E-state index < -0.39 is 0 Å². The minimum Gasteiger partial charge on any atom is -0.459 e. The third-order valence-electron chi connectivity index (χ3n) is 8.20. The van der Waals surface area contributed by atoms with Gasteiger partial charge in [-0.1, -0.05) is 42.0 Å². The summed E-state index contributed by atoms with van der Waals surface area (Å²) in [5, 5.41) is 3.74. The quantitative estimate of drug-likeness (QED) is 0.427. The highest BCUT2D eigenvalue weighted by atomic mass is 16.6. The van der Waals surface area contributed by atoms with Gasteiger partial charge in [0.25, 0.3) is 0 Å². The number of nitrogens with one attached hydrogen (secondary N) is 1. The van der Waals surface area contributed by atoms with Gasteiger partial charge in [0.15, 0.2) is 0 Å². The van der Waals surface area contributed by atoms with E-state index in [1.165, 1.54) is 11.1 Å². The highest BCUT2D eigenvalue weighted by Crippen LogP contribution is 2.50. The van der Waals surface area contributed by atoms with Crippen molar-refractivity contribution in [1.29, 1.82) is 0 Å². The number of fused-ring (bicyclic) bond motifs is 3. The van der Waals surface area contributed by atoms with Crippen LogP contribution in [0.25, 0.3) is 0 Å². The maximum absolute atomic E-state index is 12.9. The molecule has 32 heavy (non-hydrogen) atoms. The van der Waals surface area contributed by atoms with Gasteiger partial charge in [0.2, 0.25) is 0 Å². The van der Waals surface area contributed by atoms with Crippen LogP contribution in [0.5, 0.6) is 0 Å². The van der Waals surface area contributed by atoms with E-state index in [-0.39, 0.29) is 35.6 Å². The molecular formula is C27H38N2O3. The number of piperidine rings is 1. The molecule has 1 aromatic rings. The number of esters is 1. The van der Waals surface area contributed by atoms with Crippen LogP contribution in [0.3, 0.4) is 0 Å². The van der Waals surface area contributed by atoms with Crippen molar-refractivity contribution in [3.05, 3.63) is 47.5 Å². The zero-order chi connectivity index (χ0) is 22.1. The van der Waals surface area contributed by atoms with Gasteiger partial charge < -0.3 is 14.8 Å². The Kier molecular flexibility index (Phi) is 6.42. The third-order valence-corrected chi connectivity index (χ3v) is 8.20. The molecule has 1 aromatic carbocycles. The van der Waals surface area contributed by atoms with Crippen molar-refractivity contribution in [2.75, 3.05) is 19.6 Å². The summed E-state index contributed by atoms with van der Waals surface area (Å²) in [6.45, 7) is 8.37. The first-order valence-corrected chi connectivity index (χ1v) is 12.6. The molecule has 0 aromatic heterocycles. The Bertz CT molecular complexity index is 833. The number of rotatable bonds is 5. The molecule has 5 heteroatoms. The van der Waals surface area contributed by atoms with E-state index in [0.717, 1.165) is 64.7 Å². The molecule has 0 spiro atoms. The van der Waals surface area contributed by atoms with E-state index in [2.05, 4.69) is 60.5 Å². The molecule has 3 aliphatic heterocycles. The van der Waals surface area contributed by atoms with Crippen LogP contribution in [0.1, 0.15) is 57.9 Å². The van der Waals surface area contributed by atoms with Crippen LogP contribution in [-0.2, 0) is 20.8 Å². The van der Waals surface area contributed by atoms with Gasteiger partial charge in [0.1, 0.15) is 12.2 Å². The Morgan fingerprint density at radius 3 is 2.72 bits per heavy atom. The Hall–Kier alpha value is -1.69. The Morgan fingerprint density at radius 1 is 1.16 bits per heavy atom. The van der Waals surface area contributed by atoms with E-state index >= 15 is 0 Å². The summed E-state index contributed by atoms with van der Waals surface area (Å²) >= 11 is 0. The van der Waals surface area contributed by atoms with E-state index in [4.69, 9.17) is 9.47 Å². The molecule has 1 aliphatic carbocycles. The summed E-state index contributed by atoms with van der Waals surface area (Å²) in [5.74, 6) is 0.178. The lowest BCUT2D eigenvalue weighted by Gasteiger charge is -2.33. The second-order valence-electron chi connectivity index (χ2n) is 10.6. The van der Waals surface area contributed by atoms with E-state index in [0.29, 0.717) is 6.04 Å². The van der Waals surface area contributed by atoms with Gasteiger partial charge in [-0.05, 0) is 71.0 Å². The highest BCUT2D eigenvalue weighted by Gasteiger charge is 2.62. The van der Waals surface area contributed by atoms with Gasteiger partial charge >= 0.3 is 5.97 Å². The Morgan fingerprint density at radius 2 is 1.94 bits per heavy atom. The normalized spacial score (nSPS) is 36.1. The molecule has 0 bridgehead atoms. The minimum absolute atomic E-state index is 0.0206. The number of hydrogen-bond donors (Lipinski definition) is 1. The topological polar surface area (TPSA) is 54.1 Å². The van der Waals surface area contributed by atoms with Crippen LogP contribution in [0.15, 0.2) is 42.0 Å². The maximum Gasteiger partial charge on any atom is 0.311 e.